The van der Waals surface area contributed by atoms with E-state index in [1.807, 2.05) is 0 Å². The minimum atomic E-state index is 0.304. The lowest BCUT2D eigenvalue weighted by Crippen LogP contribution is -2.36. The highest BCUT2D eigenvalue weighted by Crippen LogP contribution is 2.38. The van der Waals surface area contributed by atoms with Gasteiger partial charge in [-0.25, -0.2) is 0 Å². The first-order chi connectivity index (χ1) is 14.7. The fraction of sp³-hybridized carbons (Fsp3) is 0.308. The maximum Gasteiger partial charge on any atom is 0.142 e. The van der Waals surface area contributed by atoms with Crippen molar-refractivity contribution in [3.63, 3.8) is 0 Å². The zero-order chi connectivity index (χ0) is 20.5. The lowest BCUT2D eigenvalue weighted by atomic mass is 10.0. The predicted molar refractivity (Wildman–Crippen MR) is 118 cm³/mol. The van der Waals surface area contributed by atoms with E-state index < -0.39 is 0 Å². The van der Waals surface area contributed by atoms with Crippen LogP contribution in [0.2, 0.25) is 0 Å². The summed E-state index contributed by atoms with van der Waals surface area (Å²) in [6.07, 6.45) is 0. The molecule has 154 valence electrons. The third-order valence-electron chi connectivity index (χ3n) is 6.42. The van der Waals surface area contributed by atoms with E-state index in [0.29, 0.717) is 25.5 Å². The van der Waals surface area contributed by atoms with Crippen molar-refractivity contribution in [3.05, 3.63) is 95.1 Å². The maximum atomic E-state index is 6.18. The third kappa shape index (κ3) is 3.69. The molecule has 5 rings (SSSR count). The SMILES string of the molecule is CC(c1ccccc1)N1COc2cc3c(cc2C1)OCN(C(C)c1ccccc1)C3. The van der Waals surface area contributed by atoms with E-state index in [2.05, 4.69) is 96.4 Å². The first-order valence-electron chi connectivity index (χ1n) is 10.7. The molecule has 0 saturated heterocycles. The monoisotopic (exact) mass is 400 g/mol. The van der Waals surface area contributed by atoms with Crippen molar-refractivity contribution < 1.29 is 9.47 Å². The molecule has 0 amide bonds. The zero-order valence-electron chi connectivity index (χ0n) is 17.6. The summed E-state index contributed by atoms with van der Waals surface area (Å²) in [5.41, 5.74) is 5.02. The average molecular weight is 401 g/mol. The average Bonchev–Trinajstić information content (AvgIpc) is 2.82. The van der Waals surface area contributed by atoms with Gasteiger partial charge in [0.05, 0.1) is 0 Å². The topological polar surface area (TPSA) is 24.9 Å². The Hall–Kier alpha value is -2.82. The molecular formula is C26H28N2O2. The van der Waals surface area contributed by atoms with Gasteiger partial charge in [-0.15, -0.1) is 0 Å². The second-order valence-corrected chi connectivity index (χ2v) is 8.28. The Morgan fingerprint density at radius 3 is 1.43 bits per heavy atom. The van der Waals surface area contributed by atoms with Crippen molar-refractivity contribution in [2.75, 3.05) is 13.5 Å². The van der Waals surface area contributed by atoms with Crippen LogP contribution in [-0.2, 0) is 13.1 Å². The Kier molecular flexibility index (Phi) is 5.19. The molecule has 4 heteroatoms. The van der Waals surface area contributed by atoms with Crippen molar-refractivity contribution in [2.24, 2.45) is 0 Å². The molecule has 0 saturated carbocycles. The largest absolute Gasteiger partial charge is 0.478 e. The number of hydrogen-bond acceptors (Lipinski definition) is 4. The van der Waals surface area contributed by atoms with Crippen molar-refractivity contribution >= 4 is 0 Å². The molecule has 0 aliphatic carbocycles. The van der Waals surface area contributed by atoms with E-state index in [1.54, 1.807) is 0 Å². The van der Waals surface area contributed by atoms with Crippen molar-refractivity contribution in [3.8, 4) is 11.5 Å². The minimum absolute atomic E-state index is 0.304. The van der Waals surface area contributed by atoms with E-state index >= 15 is 0 Å². The van der Waals surface area contributed by atoms with Crippen molar-refractivity contribution in [1.29, 1.82) is 0 Å². The number of benzene rings is 3. The Balaban J connectivity index is 1.33. The lowest BCUT2D eigenvalue weighted by Gasteiger charge is -2.37. The van der Waals surface area contributed by atoms with Gasteiger partial charge >= 0.3 is 0 Å². The van der Waals surface area contributed by atoms with Gasteiger partial charge in [-0.05, 0) is 37.1 Å². The van der Waals surface area contributed by atoms with Crippen molar-refractivity contribution in [2.45, 2.75) is 39.0 Å². The second-order valence-electron chi connectivity index (χ2n) is 8.28. The lowest BCUT2D eigenvalue weighted by molar-refractivity contribution is 0.0526. The van der Waals surface area contributed by atoms with Crippen LogP contribution in [0.15, 0.2) is 72.8 Å². The van der Waals surface area contributed by atoms with E-state index in [1.165, 1.54) is 22.3 Å². The Morgan fingerprint density at radius 2 is 1.03 bits per heavy atom. The van der Waals surface area contributed by atoms with Gasteiger partial charge in [-0.2, -0.15) is 0 Å². The summed E-state index contributed by atoms with van der Waals surface area (Å²) in [6, 6.07) is 26.2. The maximum absolute atomic E-state index is 6.18. The molecule has 0 fully saturated rings. The summed E-state index contributed by atoms with van der Waals surface area (Å²) in [4.78, 5) is 4.72. The molecule has 2 atom stereocenters. The molecule has 2 aliphatic heterocycles. The standard InChI is InChI=1S/C26H28N2O2/c1-19(21-9-5-3-6-10-21)27-15-23-13-26-24(14-25(23)29-17-27)16-28(18-30-26)20(2)22-11-7-4-8-12-22/h3-14,19-20H,15-18H2,1-2H3. The summed E-state index contributed by atoms with van der Waals surface area (Å²) < 4.78 is 12.4. The van der Waals surface area contributed by atoms with Crippen LogP contribution >= 0.6 is 0 Å². The van der Waals surface area contributed by atoms with E-state index in [-0.39, 0.29) is 0 Å². The number of rotatable bonds is 4. The fourth-order valence-corrected chi connectivity index (χ4v) is 4.38. The van der Waals surface area contributed by atoms with Gasteiger partial charge in [0, 0.05) is 36.3 Å². The molecule has 3 aromatic rings. The molecule has 0 spiro atoms. The molecule has 3 aromatic carbocycles. The van der Waals surface area contributed by atoms with Crippen LogP contribution in [0, 0.1) is 0 Å². The molecule has 30 heavy (non-hydrogen) atoms. The first-order valence-corrected chi connectivity index (χ1v) is 10.7. The van der Waals surface area contributed by atoms with Gasteiger partial charge in [0.25, 0.3) is 0 Å². The fourth-order valence-electron chi connectivity index (χ4n) is 4.38. The van der Waals surface area contributed by atoms with E-state index in [9.17, 15) is 0 Å². The van der Waals surface area contributed by atoms with Crippen LogP contribution in [0.25, 0.3) is 0 Å². The van der Waals surface area contributed by atoms with Crippen LogP contribution in [0.1, 0.15) is 48.2 Å². The van der Waals surface area contributed by atoms with Gasteiger partial charge in [-0.1, -0.05) is 60.7 Å². The Labute approximate surface area is 178 Å². The van der Waals surface area contributed by atoms with E-state index in [0.717, 1.165) is 24.6 Å². The van der Waals surface area contributed by atoms with Crippen LogP contribution in [-0.4, -0.2) is 23.3 Å². The molecule has 0 N–H and O–H groups in total. The van der Waals surface area contributed by atoms with Gasteiger partial charge in [-0.3, -0.25) is 9.80 Å². The van der Waals surface area contributed by atoms with Crippen LogP contribution in [0.3, 0.4) is 0 Å². The molecule has 2 unspecified atom stereocenters. The molecule has 0 radical (unpaired) electrons. The number of ether oxygens (including phenoxy) is 2. The number of nitrogens with zero attached hydrogens (tertiary/aromatic N) is 2. The summed E-state index contributed by atoms with van der Waals surface area (Å²) in [7, 11) is 0. The summed E-state index contributed by atoms with van der Waals surface area (Å²) >= 11 is 0. The molecule has 0 aromatic heterocycles. The normalized spacial score (nSPS) is 18.5. The highest BCUT2D eigenvalue weighted by molar-refractivity contribution is 5.48. The van der Waals surface area contributed by atoms with Gasteiger partial charge in [0.1, 0.15) is 25.0 Å². The van der Waals surface area contributed by atoms with Crippen LogP contribution in [0.5, 0.6) is 11.5 Å². The van der Waals surface area contributed by atoms with E-state index in [4.69, 9.17) is 9.47 Å². The Bertz CT molecular complexity index is 923. The molecule has 4 nitrogen and oxygen atoms in total. The Morgan fingerprint density at radius 1 is 0.633 bits per heavy atom. The van der Waals surface area contributed by atoms with Gasteiger partial charge < -0.3 is 9.47 Å². The quantitative estimate of drug-likeness (QED) is 0.576. The second kappa shape index (κ2) is 8.13. The highest BCUT2D eigenvalue weighted by Gasteiger charge is 2.28. The summed E-state index contributed by atoms with van der Waals surface area (Å²) in [6.45, 7) is 7.42. The van der Waals surface area contributed by atoms with Gasteiger partial charge in [0.15, 0.2) is 0 Å². The first kappa shape index (κ1) is 19.2. The van der Waals surface area contributed by atoms with Crippen molar-refractivity contribution in [1.82, 2.24) is 9.80 Å². The molecular weight excluding hydrogens is 372 g/mol. The van der Waals surface area contributed by atoms with Gasteiger partial charge in [0.2, 0.25) is 0 Å². The number of fused-ring (bicyclic) bond motifs is 2. The smallest absolute Gasteiger partial charge is 0.142 e. The highest BCUT2D eigenvalue weighted by atomic mass is 16.5. The molecule has 2 aliphatic rings. The third-order valence-corrected chi connectivity index (χ3v) is 6.42. The van der Waals surface area contributed by atoms with Crippen LogP contribution < -0.4 is 9.47 Å². The zero-order valence-corrected chi connectivity index (χ0v) is 17.6. The molecule has 2 heterocycles. The van der Waals surface area contributed by atoms with Crippen LogP contribution in [0.4, 0.5) is 0 Å². The number of hydrogen-bond donors (Lipinski definition) is 0. The molecule has 0 bridgehead atoms. The summed E-state index contributed by atoms with van der Waals surface area (Å²) in [5.74, 6) is 1.98. The minimum Gasteiger partial charge on any atom is -0.478 e. The predicted octanol–water partition coefficient (Wildman–Crippen LogP) is 5.51. The summed E-state index contributed by atoms with van der Waals surface area (Å²) in [5, 5.41) is 0.